The number of hydrogen-bond donors (Lipinski definition) is 2. The second-order valence-electron chi connectivity index (χ2n) is 4.24. The SMILES string of the molecule is CC(C)CCn1cnc2c(=O)[nH]c(N)nc21. The first-order valence-corrected chi connectivity index (χ1v) is 5.28. The third-order valence-electron chi connectivity index (χ3n) is 2.44. The zero-order valence-corrected chi connectivity index (χ0v) is 9.40. The Balaban J connectivity index is 2.44. The maximum Gasteiger partial charge on any atom is 0.280 e. The number of H-pyrrole nitrogens is 1. The monoisotopic (exact) mass is 221 g/mol. The van der Waals surface area contributed by atoms with E-state index in [-0.39, 0.29) is 11.5 Å². The van der Waals surface area contributed by atoms with Crippen LogP contribution < -0.4 is 11.3 Å². The van der Waals surface area contributed by atoms with E-state index in [1.165, 1.54) is 0 Å². The number of aromatic amines is 1. The van der Waals surface area contributed by atoms with Crippen molar-refractivity contribution in [1.29, 1.82) is 0 Å². The van der Waals surface area contributed by atoms with E-state index in [9.17, 15) is 4.79 Å². The topological polar surface area (TPSA) is 89.6 Å². The van der Waals surface area contributed by atoms with Gasteiger partial charge in [0, 0.05) is 6.54 Å². The lowest BCUT2D eigenvalue weighted by Crippen LogP contribution is -2.12. The van der Waals surface area contributed by atoms with Gasteiger partial charge in [0.15, 0.2) is 11.2 Å². The van der Waals surface area contributed by atoms with Gasteiger partial charge in [-0.1, -0.05) is 13.8 Å². The predicted octanol–water partition coefficient (Wildman–Crippen LogP) is 0.748. The van der Waals surface area contributed by atoms with Gasteiger partial charge in [-0.25, -0.2) is 4.98 Å². The van der Waals surface area contributed by atoms with Gasteiger partial charge in [0.2, 0.25) is 5.95 Å². The Morgan fingerprint density at radius 1 is 1.56 bits per heavy atom. The molecule has 0 saturated heterocycles. The van der Waals surface area contributed by atoms with E-state index in [0.29, 0.717) is 17.1 Å². The summed E-state index contributed by atoms with van der Waals surface area (Å²) in [6.07, 6.45) is 2.65. The molecule has 0 fully saturated rings. The highest BCUT2D eigenvalue weighted by Gasteiger charge is 2.08. The minimum Gasteiger partial charge on any atom is -0.369 e. The summed E-state index contributed by atoms with van der Waals surface area (Å²) in [4.78, 5) is 22.1. The third kappa shape index (κ3) is 1.91. The van der Waals surface area contributed by atoms with E-state index >= 15 is 0 Å². The third-order valence-corrected chi connectivity index (χ3v) is 2.44. The summed E-state index contributed by atoms with van der Waals surface area (Å²) in [5.41, 5.74) is 6.12. The predicted molar refractivity (Wildman–Crippen MR) is 62.0 cm³/mol. The number of hydrogen-bond acceptors (Lipinski definition) is 4. The fraction of sp³-hybridized carbons (Fsp3) is 0.500. The number of rotatable bonds is 3. The van der Waals surface area contributed by atoms with E-state index in [1.807, 2.05) is 4.57 Å². The standard InChI is InChI=1S/C10H15N5O/c1-6(2)3-4-15-5-12-7-8(15)13-10(11)14-9(7)16/h5-6H,3-4H2,1-2H3,(H3,11,13,14,16). The highest BCUT2D eigenvalue weighted by atomic mass is 16.1. The van der Waals surface area contributed by atoms with Crippen molar-refractivity contribution in [3.05, 3.63) is 16.7 Å². The molecule has 0 aliphatic carbocycles. The summed E-state index contributed by atoms with van der Waals surface area (Å²) < 4.78 is 1.86. The van der Waals surface area contributed by atoms with Gasteiger partial charge in [-0.15, -0.1) is 0 Å². The van der Waals surface area contributed by atoms with Gasteiger partial charge in [0.05, 0.1) is 6.33 Å². The first-order valence-electron chi connectivity index (χ1n) is 5.28. The summed E-state index contributed by atoms with van der Waals surface area (Å²) in [5.74, 6) is 0.723. The van der Waals surface area contributed by atoms with Crippen LogP contribution in [0.5, 0.6) is 0 Å². The number of fused-ring (bicyclic) bond motifs is 1. The Hall–Kier alpha value is -1.85. The van der Waals surface area contributed by atoms with E-state index in [2.05, 4.69) is 28.8 Å². The molecule has 0 spiro atoms. The molecule has 0 amide bonds. The molecule has 0 radical (unpaired) electrons. The van der Waals surface area contributed by atoms with Crippen LogP contribution in [0.4, 0.5) is 5.95 Å². The molecule has 0 bridgehead atoms. The molecule has 6 nitrogen and oxygen atoms in total. The Labute approximate surface area is 92.5 Å². The number of nitrogens with two attached hydrogens (primary N) is 1. The van der Waals surface area contributed by atoms with Crippen LogP contribution in [0.2, 0.25) is 0 Å². The smallest absolute Gasteiger partial charge is 0.280 e. The van der Waals surface area contributed by atoms with Crippen molar-refractivity contribution in [3.8, 4) is 0 Å². The lowest BCUT2D eigenvalue weighted by atomic mass is 10.1. The van der Waals surface area contributed by atoms with Crippen molar-refractivity contribution in [2.24, 2.45) is 5.92 Å². The van der Waals surface area contributed by atoms with Gasteiger partial charge in [-0.05, 0) is 12.3 Å². The zero-order valence-electron chi connectivity index (χ0n) is 9.40. The Kier molecular flexibility index (Phi) is 2.64. The zero-order chi connectivity index (χ0) is 11.7. The highest BCUT2D eigenvalue weighted by molar-refractivity contribution is 5.70. The molecule has 86 valence electrons. The minimum absolute atomic E-state index is 0.129. The maximum atomic E-state index is 11.5. The van der Waals surface area contributed by atoms with Crippen LogP contribution in [0.25, 0.3) is 11.2 Å². The second-order valence-corrected chi connectivity index (χ2v) is 4.24. The summed E-state index contributed by atoms with van der Waals surface area (Å²) in [6.45, 7) is 5.09. The number of aromatic nitrogens is 4. The Morgan fingerprint density at radius 2 is 2.31 bits per heavy atom. The number of nitrogens with one attached hydrogen (secondary N) is 1. The molecule has 0 aromatic carbocycles. The van der Waals surface area contributed by atoms with Crippen molar-refractivity contribution >= 4 is 17.1 Å². The van der Waals surface area contributed by atoms with Crippen LogP contribution in [0, 0.1) is 5.92 Å². The van der Waals surface area contributed by atoms with Gasteiger partial charge >= 0.3 is 0 Å². The van der Waals surface area contributed by atoms with E-state index in [0.717, 1.165) is 13.0 Å². The molecule has 16 heavy (non-hydrogen) atoms. The van der Waals surface area contributed by atoms with E-state index < -0.39 is 0 Å². The summed E-state index contributed by atoms with van der Waals surface area (Å²) in [5, 5.41) is 0. The molecule has 6 heteroatoms. The van der Waals surface area contributed by atoms with Gasteiger partial charge in [0.1, 0.15) is 0 Å². The largest absolute Gasteiger partial charge is 0.369 e. The van der Waals surface area contributed by atoms with Gasteiger partial charge in [0.25, 0.3) is 5.56 Å². The van der Waals surface area contributed by atoms with Crippen molar-refractivity contribution in [1.82, 2.24) is 19.5 Å². The lowest BCUT2D eigenvalue weighted by molar-refractivity contribution is 0.521. The number of nitrogens with zero attached hydrogens (tertiary/aromatic N) is 3. The molecule has 0 atom stereocenters. The average molecular weight is 221 g/mol. The van der Waals surface area contributed by atoms with Crippen molar-refractivity contribution in [3.63, 3.8) is 0 Å². The normalized spacial score (nSPS) is 11.4. The van der Waals surface area contributed by atoms with Crippen molar-refractivity contribution in [2.75, 3.05) is 5.73 Å². The molecule has 2 rings (SSSR count). The number of anilines is 1. The summed E-state index contributed by atoms with van der Waals surface area (Å²) in [7, 11) is 0. The fourth-order valence-corrected chi connectivity index (χ4v) is 1.53. The molecule has 2 aromatic rings. The molecular formula is C10H15N5O. The molecule has 0 unspecified atom stereocenters. The van der Waals surface area contributed by atoms with Gasteiger partial charge in [-0.3, -0.25) is 9.78 Å². The average Bonchev–Trinajstić information content (AvgIpc) is 2.58. The second kappa shape index (κ2) is 3.96. The first-order chi connectivity index (χ1) is 7.58. The lowest BCUT2D eigenvalue weighted by Gasteiger charge is -2.05. The van der Waals surface area contributed by atoms with Crippen LogP contribution in [-0.2, 0) is 6.54 Å². The molecule has 2 aromatic heterocycles. The van der Waals surface area contributed by atoms with E-state index in [1.54, 1.807) is 6.33 Å². The van der Waals surface area contributed by atoms with Crippen molar-refractivity contribution in [2.45, 2.75) is 26.8 Å². The van der Waals surface area contributed by atoms with Crippen LogP contribution in [-0.4, -0.2) is 19.5 Å². The first kappa shape index (κ1) is 10.7. The molecule has 2 heterocycles. The number of nitrogen functional groups attached to an aromatic ring is 1. The summed E-state index contributed by atoms with van der Waals surface area (Å²) >= 11 is 0. The quantitative estimate of drug-likeness (QED) is 0.800. The van der Waals surface area contributed by atoms with Crippen LogP contribution >= 0.6 is 0 Å². The molecule has 0 saturated carbocycles. The molecule has 0 aliphatic rings. The Bertz CT molecular complexity index is 554. The number of imidazole rings is 1. The maximum absolute atomic E-state index is 11.5. The minimum atomic E-state index is -0.286. The fourth-order valence-electron chi connectivity index (χ4n) is 1.53. The van der Waals surface area contributed by atoms with Crippen molar-refractivity contribution < 1.29 is 0 Å². The van der Waals surface area contributed by atoms with Crippen LogP contribution in [0.3, 0.4) is 0 Å². The summed E-state index contributed by atoms with van der Waals surface area (Å²) in [6, 6.07) is 0. The van der Waals surface area contributed by atoms with Crippen LogP contribution in [0.1, 0.15) is 20.3 Å². The number of aryl methyl sites for hydroxylation is 1. The van der Waals surface area contributed by atoms with Gasteiger partial charge < -0.3 is 10.3 Å². The molecule has 3 N–H and O–H groups in total. The molecular weight excluding hydrogens is 206 g/mol. The highest BCUT2D eigenvalue weighted by Crippen LogP contribution is 2.09. The molecule has 0 aliphatic heterocycles. The van der Waals surface area contributed by atoms with Crippen LogP contribution in [0.15, 0.2) is 11.1 Å². The Morgan fingerprint density at radius 3 is 3.00 bits per heavy atom. The van der Waals surface area contributed by atoms with E-state index in [4.69, 9.17) is 5.73 Å². The van der Waals surface area contributed by atoms with Gasteiger partial charge in [-0.2, -0.15) is 4.98 Å².